The van der Waals surface area contributed by atoms with E-state index < -0.39 is 5.82 Å². The average Bonchev–Trinajstić information content (AvgIpc) is 2.47. The molecule has 1 amide bonds. The van der Waals surface area contributed by atoms with Gasteiger partial charge in [0.2, 0.25) is 5.91 Å². The van der Waals surface area contributed by atoms with E-state index in [4.69, 9.17) is 16.3 Å². The van der Waals surface area contributed by atoms with Crippen LogP contribution < -0.4 is 15.4 Å². The van der Waals surface area contributed by atoms with Gasteiger partial charge in [-0.15, -0.1) is 0 Å². The molecule has 0 saturated carbocycles. The molecule has 0 bridgehead atoms. The van der Waals surface area contributed by atoms with E-state index in [1.807, 2.05) is 6.07 Å². The standard InChI is InChI=1S/C15H14ClFN2O2/c1-21-14-5-3-2-4-13(14)19-15(20)9-18-12-7-6-10(17)8-11(12)16/h2-8,18H,9H2,1H3,(H,19,20). The third-order valence-corrected chi connectivity index (χ3v) is 3.06. The summed E-state index contributed by atoms with van der Waals surface area (Å²) in [6.45, 7) is 0.00337. The molecule has 0 atom stereocenters. The van der Waals surface area contributed by atoms with Crippen molar-refractivity contribution in [2.75, 3.05) is 24.3 Å². The summed E-state index contributed by atoms with van der Waals surface area (Å²) in [5.41, 5.74) is 1.07. The molecule has 0 aromatic heterocycles. The van der Waals surface area contributed by atoms with E-state index in [0.29, 0.717) is 17.1 Å². The van der Waals surface area contributed by atoms with Crippen molar-refractivity contribution in [2.24, 2.45) is 0 Å². The number of carbonyl (C=O) groups is 1. The molecule has 0 aliphatic carbocycles. The van der Waals surface area contributed by atoms with Gasteiger partial charge in [-0.25, -0.2) is 4.39 Å². The van der Waals surface area contributed by atoms with Crippen LogP contribution in [0, 0.1) is 5.82 Å². The smallest absolute Gasteiger partial charge is 0.243 e. The van der Waals surface area contributed by atoms with E-state index in [2.05, 4.69) is 10.6 Å². The van der Waals surface area contributed by atoms with Crippen molar-refractivity contribution < 1.29 is 13.9 Å². The van der Waals surface area contributed by atoms with Crippen LogP contribution in [0.15, 0.2) is 42.5 Å². The van der Waals surface area contributed by atoms with Crippen molar-refractivity contribution in [2.45, 2.75) is 0 Å². The number of anilines is 2. The van der Waals surface area contributed by atoms with Gasteiger partial charge < -0.3 is 15.4 Å². The van der Waals surface area contributed by atoms with Crippen molar-refractivity contribution in [1.29, 1.82) is 0 Å². The normalized spacial score (nSPS) is 10.0. The van der Waals surface area contributed by atoms with E-state index in [1.165, 1.54) is 25.3 Å². The van der Waals surface area contributed by atoms with Crippen LogP contribution in [-0.4, -0.2) is 19.6 Å². The van der Waals surface area contributed by atoms with E-state index in [0.717, 1.165) is 0 Å². The monoisotopic (exact) mass is 308 g/mol. The first-order valence-corrected chi connectivity index (χ1v) is 6.59. The fraction of sp³-hybridized carbons (Fsp3) is 0.133. The summed E-state index contributed by atoms with van der Waals surface area (Å²) in [6, 6.07) is 11.0. The minimum atomic E-state index is -0.427. The molecule has 21 heavy (non-hydrogen) atoms. The number of hydrogen-bond acceptors (Lipinski definition) is 3. The van der Waals surface area contributed by atoms with E-state index >= 15 is 0 Å². The summed E-state index contributed by atoms with van der Waals surface area (Å²) in [4.78, 5) is 11.9. The largest absolute Gasteiger partial charge is 0.495 e. The zero-order chi connectivity index (χ0) is 15.2. The number of rotatable bonds is 5. The topological polar surface area (TPSA) is 50.4 Å². The second-order valence-corrected chi connectivity index (χ2v) is 4.63. The first-order valence-electron chi connectivity index (χ1n) is 6.22. The molecule has 2 N–H and O–H groups in total. The Bertz CT molecular complexity index is 649. The summed E-state index contributed by atoms with van der Waals surface area (Å²) in [5.74, 6) is -0.116. The lowest BCUT2D eigenvalue weighted by Crippen LogP contribution is -2.22. The van der Waals surface area contributed by atoms with Gasteiger partial charge >= 0.3 is 0 Å². The van der Waals surface area contributed by atoms with Crippen molar-refractivity contribution in [1.82, 2.24) is 0 Å². The molecule has 0 spiro atoms. The molecule has 0 radical (unpaired) electrons. The van der Waals surface area contributed by atoms with Gasteiger partial charge in [-0.1, -0.05) is 23.7 Å². The highest BCUT2D eigenvalue weighted by atomic mass is 35.5. The maximum Gasteiger partial charge on any atom is 0.243 e. The van der Waals surface area contributed by atoms with Gasteiger partial charge in [0.15, 0.2) is 0 Å². The quantitative estimate of drug-likeness (QED) is 0.888. The lowest BCUT2D eigenvalue weighted by atomic mass is 10.3. The summed E-state index contributed by atoms with van der Waals surface area (Å²) < 4.78 is 18.1. The second-order valence-electron chi connectivity index (χ2n) is 4.23. The molecule has 0 saturated heterocycles. The molecule has 2 aromatic rings. The van der Waals surface area contributed by atoms with Crippen LogP contribution in [0.3, 0.4) is 0 Å². The zero-order valence-corrected chi connectivity index (χ0v) is 12.1. The molecule has 0 aliphatic rings. The first-order chi connectivity index (χ1) is 10.1. The number of carbonyl (C=O) groups excluding carboxylic acids is 1. The number of amides is 1. The fourth-order valence-electron chi connectivity index (χ4n) is 1.75. The molecular formula is C15H14ClFN2O2. The van der Waals surface area contributed by atoms with Crippen LogP contribution in [0.4, 0.5) is 15.8 Å². The van der Waals surface area contributed by atoms with Crippen LogP contribution in [-0.2, 0) is 4.79 Å². The average molecular weight is 309 g/mol. The van der Waals surface area contributed by atoms with Gasteiger partial charge in [0, 0.05) is 0 Å². The summed E-state index contributed by atoms with van der Waals surface area (Å²) >= 11 is 5.87. The molecule has 0 fully saturated rings. The molecule has 2 rings (SSSR count). The van der Waals surface area contributed by atoms with Crippen LogP contribution >= 0.6 is 11.6 Å². The Morgan fingerprint density at radius 2 is 2.00 bits per heavy atom. The first kappa shape index (κ1) is 15.1. The maximum absolute atomic E-state index is 12.9. The predicted molar refractivity (Wildman–Crippen MR) is 81.5 cm³/mol. The highest BCUT2D eigenvalue weighted by Gasteiger charge is 2.08. The number of benzene rings is 2. The van der Waals surface area contributed by atoms with E-state index in [-0.39, 0.29) is 17.5 Å². The summed E-state index contributed by atoms with van der Waals surface area (Å²) in [5, 5.41) is 5.79. The second kappa shape index (κ2) is 6.95. The molecule has 0 heterocycles. The van der Waals surface area contributed by atoms with Gasteiger partial charge in [0.05, 0.1) is 30.1 Å². The number of methoxy groups -OCH3 is 1. The van der Waals surface area contributed by atoms with Crippen LogP contribution in [0.1, 0.15) is 0 Å². The Morgan fingerprint density at radius 3 is 2.71 bits per heavy atom. The van der Waals surface area contributed by atoms with Gasteiger partial charge in [-0.05, 0) is 30.3 Å². The number of para-hydroxylation sites is 2. The number of halogens is 2. The Kier molecular flexibility index (Phi) is 5.00. The van der Waals surface area contributed by atoms with Crippen molar-refractivity contribution in [3.63, 3.8) is 0 Å². The molecular weight excluding hydrogens is 295 g/mol. The van der Waals surface area contributed by atoms with E-state index in [9.17, 15) is 9.18 Å². The Balaban J connectivity index is 1.96. The Hall–Kier alpha value is -2.27. The summed E-state index contributed by atoms with van der Waals surface area (Å²) in [6.07, 6.45) is 0. The van der Waals surface area contributed by atoms with Gasteiger partial charge in [0.25, 0.3) is 0 Å². The molecule has 0 aliphatic heterocycles. The van der Waals surface area contributed by atoms with Crippen molar-refractivity contribution >= 4 is 28.9 Å². The van der Waals surface area contributed by atoms with Crippen LogP contribution in [0.25, 0.3) is 0 Å². The number of nitrogens with one attached hydrogen (secondary N) is 2. The fourth-order valence-corrected chi connectivity index (χ4v) is 1.98. The van der Waals surface area contributed by atoms with Crippen LogP contribution in [0.2, 0.25) is 5.02 Å². The SMILES string of the molecule is COc1ccccc1NC(=O)CNc1ccc(F)cc1Cl. The zero-order valence-electron chi connectivity index (χ0n) is 11.3. The van der Waals surface area contributed by atoms with Crippen LogP contribution in [0.5, 0.6) is 5.75 Å². The summed E-state index contributed by atoms with van der Waals surface area (Å²) in [7, 11) is 1.53. The van der Waals surface area contributed by atoms with Crippen molar-refractivity contribution in [3.05, 3.63) is 53.3 Å². The van der Waals surface area contributed by atoms with Gasteiger partial charge in [-0.2, -0.15) is 0 Å². The third-order valence-electron chi connectivity index (χ3n) is 2.75. The molecule has 110 valence electrons. The minimum absolute atomic E-state index is 0.00337. The highest BCUT2D eigenvalue weighted by molar-refractivity contribution is 6.33. The third kappa shape index (κ3) is 4.10. The predicted octanol–water partition coefficient (Wildman–Crippen LogP) is 3.54. The minimum Gasteiger partial charge on any atom is -0.495 e. The molecule has 2 aromatic carbocycles. The van der Waals surface area contributed by atoms with Crippen molar-refractivity contribution in [3.8, 4) is 5.75 Å². The maximum atomic E-state index is 12.9. The lowest BCUT2D eigenvalue weighted by molar-refractivity contribution is -0.114. The molecule has 6 heteroatoms. The number of ether oxygens (including phenoxy) is 1. The Morgan fingerprint density at radius 1 is 1.24 bits per heavy atom. The highest BCUT2D eigenvalue weighted by Crippen LogP contribution is 2.24. The van der Waals surface area contributed by atoms with E-state index in [1.54, 1.807) is 18.2 Å². The molecule has 0 unspecified atom stereocenters. The van der Waals surface area contributed by atoms with Gasteiger partial charge in [-0.3, -0.25) is 4.79 Å². The van der Waals surface area contributed by atoms with Gasteiger partial charge in [0.1, 0.15) is 11.6 Å². The Labute approximate surface area is 126 Å². The molecule has 4 nitrogen and oxygen atoms in total. The lowest BCUT2D eigenvalue weighted by Gasteiger charge is -2.11. The number of hydrogen-bond donors (Lipinski definition) is 2.